The zero-order chi connectivity index (χ0) is 14.5. The second-order valence-corrected chi connectivity index (χ2v) is 11.0. The normalized spacial score (nSPS) is 13.9. The first-order valence-electron chi connectivity index (χ1n) is 6.85. The largest absolute Gasteiger partial charge is 0.543 e. The molecule has 0 amide bonds. The van der Waals surface area contributed by atoms with Gasteiger partial charge in [-0.1, -0.05) is 63.3 Å². The second kappa shape index (κ2) is 6.24. The van der Waals surface area contributed by atoms with Gasteiger partial charge in [0.05, 0.1) is 0 Å². The van der Waals surface area contributed by atoms with Crippen molar-refractivity contribution in [2.45, 2.75) is 45.8 Å². The third-order valence-electron chi connectivity index (χ3n) is 3.67. The van der Waals surface area contributed by atoms with E-state index in [-0.39, 0.29) is 5.04 Å². The van der Waals surface area contributed by atoms with Gasteiger partial charge in [-0.2, -0.15) is 0 Å². The summed E-state index contributed by atoms with van der Waals surface area (Å²) in [4.78, 5) is 0. The van der Waals surface area contributed by atoms with Crippen LogP contribution in [0.5, 0.6) is 0 Å². The highest BCUT2D eigenvalue weighted by molar-refractivity contribution is 6.74. The second-order valence-electron chi connectivity index (χ2n) is 6.29. The van der Waals surface area contributed by atoms with Crippen molar-refractivity contribution in [1.29, 1.82) is 0 Å². The molecule has 1 rings (SSSR count). The van der Waals surface area contributed by atoms with E-state index in [0.29, 0.717) is 0 Å². The van der Waals surface area contributed by atoms with Crippen molar-refractivity contribution >= 4 is 14.1 Å². The number of rotatable bonds is 4. The van der Waals surface area contributed by atoms with Crippen LogP contribution in [-0.4, -0.2) is 8.32 Å². The van der Waals surface area contributed by atoms with Crippen LogP contribution in [0.4, 0.5) is 0 Å². The average molecular weight is 274 g/mol. The molecule has 2 heteroatoms. The minimum Gasteiger partial charge on any atom is -0.543 e. The van der Waals surface area contributed by atoms with E-state index >= 15 is 0 Å². The zero-order valence-electron chi connectivity index (χ0n) is 13.0. The first-order valence-corrected chi connectivity index (χ1v) is 9.76. The SMILES string of the molecule is C/C=C/C=C(\O[Si](C)(C)C(C)(C)C)c1ccccc1. The minimum atomic E-state index is -1.80. The topological polar surface area (TPSA) is 9.23 Å². The summed E-state index contributed by atoms with van der Waals surface area (Å²) in [6.07, 6.45) is 6.13. The van der Waals surface area contributed by atoms with Gasteiger partial charge in [0.15, 0.2) is 0 Å². The first kappa shape index (κ1) is 15.8. The summed E-state index contributed by atoms with van der Waals surface area (Å²) in [6.45, 7) is 13.4. The molecular weight excluding hydrogens is 248 g/mol. The van der Waals surface area contributed by atoms with Crippen molar-refractivity contribution in [1.82, 2.24) is 0 Å². The molecule has 1 nitrogen and oxygen atoms in total. The fourth-order valence-electron chi connectivity index (χ4n) is 1.40. The van der Waals surface area contributed by atoms with E-state index in [9.17, 15) is 0 Å². The van der Waals surface area contributed by atoms with E-state index < -0.39 is 8.32 Å². The van der Waals surface area contributed by atoms with Crippen LogP contribution >= 0.6 is 0 Å². The smallest absolute Gasteiger partial charge is 0.250 e. The minimum absolute atomic E-state index is 0.205. The lowest BCUT2D eigenvalue weighted by atomic mass is 10.2. The molecular formula is C17H26OSi. The monoisotopic (exact) mass is 274 g/mol. The highest BCUT2D eigenvalue weighted by atomic mass is 28.4. The first-order chi connectivity index (χ1) is 8.78. The van der Waals surface area contributed by atoms with E-state index in [4.69, 9.17) is 4.43 Å². The Hall–Kier alpha value is -1.28. The Bertz CT molecular complexity index is 450. The fourth-order valence-corrected chi connectivity index (χ4v) is 2.45. The van der Waals surface area contributed by atoms with Gasteiger partial charge in [0.1, 0.15) is 5.76 Å². The maximum Gasteiger partial charge on any atom is 0.250 e. The number of benzene rings is 1. The quantitative estimate of drug-likeness (QED) is 0.393. The van der Waals surface area contributed by atoms with E-state index in [1.54, 1.807) is 0 Å². The van der Waals surface area contributed by atoms with Crippen molar-refractivity contribution in [2.24, 2.45) is 0 Å². The Kier molecular flexibility index (Phi) is 5.18. The maximum atomic E-state index is 6.44. The van der Waals surface area contributed by atoms with Gasteiger partial charge in [0.25, 0.3) is 8.32 Å². The molecule has 1 aromatic rings. The molecule has 0 spiro atoms. The zero-order valence-corrected chi connectivity index (χ0v) is 14.0. The van der Waals surface area contributed by atoms with Crippen molar-refractivity contribution in [3.63, 3.8) is 0 Å². The summed E-state index contributed by atoms with van der Waals surface area (Å²) in [7, 11) is -1.80. The number of hydrogen-bond donors (Lipinski definition) is 0. The Morgan fingerprint density at radius 2 is 1.68 bits per heavy atom. The highest BCUT2D eigenvalue weighted by Gasteiger charge is 2.39. The lowest BCUT2D eigenvalue weighted by Gasteiger charge is -2.37. The molecule has 104 valence electrons. The standard InChI is InChI=1S/C17H26OSi/c1-7-8-14-16(15-12-10-9-11-13-15)18-19(5,6)17(2,3)4/h7-14H,1-6H3/b8-7+,16-14-. The summed E-state index contributed by atoms with van der Waals surface area (Å²) in [5, 5.41) is 0.205. The summed E-state index contributed by atoms with van der Waals surface area (Å²) in [5.74, 6) is 0.977. The van der Waals surface area contributed by atoms with E-state index in [1.165, 1.54) is 0 Å². The maximum absolute atomic E-state index is 6.44. The van der Waals surface area contributed by atoms with Crippen LogP contribution in [0, 0.1) is 0 Å². The molecule has 0 unspecified atom stereocenters. The third kappa shape index (κ3) is 4.39. The van der Waals surface area contributed by atoms with Crippen LogP contribution in [-0.2, 0) is 4.43 Å². The Labute approximate surface area is 119 Å². The molecule has 0 bridgehead atoms. The summed E-state index contributed by atoms with van der Waals surface area (Å²) in [6, 6.07) is 10.3. The van der Waals surface area contributed by atoms with Crippen LogP contribution in [0.25, 0.3) is 5.76 Å². The molecule has 0 aromatic heterocycles. The molecule has 0 saturated heterocycles. The van der Waals surface area contributed by atoms with Crippen LogP contribution in [0.2, 0.25) is 18.1 Å². The lowest BCUT2D eigenvalue weighted by molar-refractivity contribution is 0.458. The van der Waals surface area contributed by atoms with Gasteiger partial charge in [-0.3, -0.25) is 0 Å². The lowest BCUT2D eigenvalue weighted by Crippen LogP contribution is -2.40. The molecule has 19 heavy (non-hydrogen) atoms. The predicted molar refractivity (Wildman–Crippen MR) is 87.5 cm³/mol. The summed E-state index contributed by atoms with van der Waals surface area (Å²) < 4.78 is 6.44. The van der Waals surface area contributed by atoms with Gasteiger partial charge >= 0.3 is 0 Å². The molecule has 0 radical (unpaired) electrons. The molecule has 0 saturated carbocycles. The van der Waals surface area contributed by atoms with E-state index in [0.717, 1.165) is 11.3 Å². The highest BCUT2D eigenvalue weighted by Crippen LogP contribution is 2.39. The van der Waals surface area contributed by atoms with Gasteiger partial charge in [-0.15, -0.1) is 0 Å². The third-order valence-corrected chi connectivity index (χ3v) is 8.01. The van der Waals surface area contributed by atoms with Gasteiger partial charge in [-0.05, 0) is 31.1 Å². The average Bonchev–Trinajstić information content (AvgIpc) is 2.34. The molecule has 0 aliphatic rings. The molecule has 0 N–H and O–H groups in total. The van der Waals surface area contributed by atoms with Crippen LogP contribution in [0.15, 0.2) is 48.6 Å². The fraction of sp³-hybridized carbons (Fsp3) is 0.412. The molecule has 0 heterocycles. The number of hydrogen-bond acceptors (Lipinski definition) is 1. The number of allylic oxidation sites excluding steroid dienone is 3. The van der Waals surface area contributed by atoms with Crippen molar-refractivity contribution < 1.29 is 4.43 Å². The molecule has 0 aliphatic carbocycles. The Balaban J connectivity index is 3.08. The molecule has 1 aromatic carbocycles. The molecule has 0 atom stereocenters. The van der Waals surface area contributed by atoms with Crippen molar-refractivity contribution in [2.75, 3.05) is 0 Å². The molecule has 0 aliphatic heterocycles. The van der Waals surface area contributed by atoms with Gasteiger partial charge in [0, 0.05) is 5.56 Å². The van der Waals surface area contributed by atoms with Gasteiger partial charge in [-0.25, -0.2) is 0 Å². The van der Waals surface area contributed by atoms with Crippen LogP contribution in [0.3, 0.4) is 0 Å². The molecule has 0 fully saturated rings. The van der Waals surface area contributed by atoms with Gasteiger partial charge in [0.2, 0.25) is 0 Å². The Morgan fingerprint density at radius 1 is 1.11 bits per heavy atom. The Morgan fingerprint density at radius 3 is 2.16 bits per heavy atom. The van der Waals surface area contributed by atoms with Gasteiger partial charge < -0.3 is 4.43 Å². The van der Waals surface area contributed by atoms with Crippen LogP contribution < -0.4 is 0 Å². The van der Waals surface area contributed by atoms with E-state index in [1.807, 2.05) is 37.3 Å². The van der Waals surface area contributed by atoms with Crippen molar-refractivity contribution in [3.8, 4) is 0 Å². The predicted octanol–water partition coefficient (Wildman–Crippen LogP) is 5.63. The van der Waals surface area contributed by atoms with E-state index in [2.05, 4.69) is 52.1 Å². The van der Waals surface area contributed by atoms with Crippen molar-refractivity contribution in [3.05, 3.63) is 54.1 Å². The summed E-state index contributed by atoms with van der Waals surface area (Å²) in [5.41, 5.74) is 1.14. The summed E-state index contributed by atoms with van der Waals surface area (Å²) >= 11 is 0. The van der Waals surface area contributed by atoms with Crippen LogP contribution in [0.1, 0.15) is 33.3 Å².